The van der Waals surface area contributed by atoms with E-state index in [1.54, 1.807) is 0 Å². The first kappa shape index (κ1) is 14.0. The van der Waals surface area contributed by atoms with Gasteiger partial charge >= 0.3 is 5.97 Å². The average molecular weight is 292 g/mol. The molecule has 3 nitrogen and oxygen atoms in total. The predicted octanol–water partition coefficient (Wildman–Crippen LogP) is 2.58. The predicted molar refractivity (Wildman–Crippen MR) is 68.8 cm³/mol. The molecule has 1 aliphatic heterocycles. The number of esters is 1. The Labute approximate surface area is 107 Å². The minimum atomic E-state index is -0.166. The van der Waals surface area contributed by atoms with Gasteiger partial charge in [0.05, 0.1) is 0 Å². The maximum atomic E-state index is 11.3. The van der Waals surface area contributed by atoms with E-state index in [2.05, 4.69) is 55.6 Å². The van der Waals surface area contributed by atoms with Crippen molar-refractivity contribution in [1.29, 1.82) is 0 Å². The number of hydrogen-bond acceptors (Lipinski definition) is 3. The summed E-state index contributed by atoms with van der Waals surface area (Å²) in [5.74, 6) is -0.166. The monoisotopic (exact) mass is 291 g/mol. The van der Waals surface area contributed by atoms with Gasteiger partial charge in [-0.05, 0) is 34.7 Å². The summed E-state index contributed by atoms with van der Waals surface area (Å²) in [4.78, 5) is 13.7. The molecule has 1 aliphatic rings. The van der Waals surface area contributed by atoms with Gasteiger partial charge in [0.25, 0.3) is 0 Å². The number of carbonyl (C=O) groups excluding carboxylic acids is 1. The van der Waals surface area contributed by atoms with Gasteiger partial charge in [-0.2, -0.15) is 0 Å². The SMILES string of the molecule is CN1C(C)(C)CC(OC(=O)CBr)CC1(C)C. The van der Waals surface area contributed by atoms with Crippen LogP contribution in [0.15, 0.2) is 0 Å². The molecule has 0 unspecified atom stereocenters. The van der Waals surface area contributed by atoms with E-state index in [4.69, 9.17) is 4.74 Å². The molecule has 1 heterocycles. The second-order valence-electron chi connectivity index (χ2n) is 5.84. The second kappa shape index (κ2) is 4.65. The summed E-state index contributed by atoms with van der Waals surface area (Å²) >= 11 is 3.13. The molecule has 0 spiro atoms. The molecule has 0 bridgehead atoms. The summed E-state index contributed by atoms with van der Waals surface area (Å²) in [7, 11) is 2.14. The fourth-order valence-electron chi connectivity index (χ4n) is 2.58. The zero-order chi connectivity index (χ0) is 12.6. The van der Waals surface area contributed by atoms with Gasteiger partial charge in [-0.3, -0.25) is 9.69 Å². The van der Waals surface area contributed by atoms with Crippen LogP contribution in [0.25, 0.3) is 0 Å². The van der Waals surface area contributed by atoms with E-state index in [0.29, 0.717) is 0 Å². The van der Waals surface area contributed by atoms with Gasteiger partial charge in [-0.25, -0.2) is 0 Å². The Hall–Kier alpha value is -0.0900. The normalized spacial score (nSPS) is 25.4. The van der Waals surface area contributed by atoms with Crippen molar-refractivity contribution < 1.29 is 9.53 Å². The van der Waals surface area contributed by atoms with Crippen LogP contribution in [0.1, 0.15) is 40.5 Å². The Bertz CT molecular complexity index is 258. The van der Waals surface area contributed by atoms with Crippen LogP contribution in [0.4, 0.5) is 0 Å². The van der Waals surface area contributed by atoms with Gasteiger partial charge in [0.15, 0.2) is 0 Å². The van der Waals surface area contributed by atoms with Crippen molar-refractivity contribution in [3.8, 4) is 0 Å². The average Bonchev–Trinajstić information content (AvgIpc) is 2.13. The molecule has 0 atom stereocenters. The van der Waals surface area contributed by atoms with E-state index in [-0.39, 0.29) is 28.5 Å². The Balaban J connectivity index is 2.75. The number of alkyl halides is 1. The number of likely N-dealkylation sites (tertiary alicyclic amines) is 1. The molecule has 0 aromatic heterocycles. The van der Waals surface area contributed by atoms with Crippen LogP contribution in [0.5, 0.6) is 0 Å². The molecule has 1 fully saturated rings. The van der Waals surface area contributed by atoms with Crippen molar-refractivity contribution in [3.05, 3.63) is 0 Å². The summed E-state index contributed by atoms with van der Waals surface area (Å²) in [6.45, 7) is 8.79. The van der Waals surface area contributed by atoms with Crippen LogP contribution in [-0.4, -0.2) is 40.4 Å². The first-order valence-electron chi connectivity index (χ1n) is 5.68. The lowest BCUT2D eigenvalue weighted by Gasteiger charge is -2.53. The molecular weight excluding hydrogens is 270 g/mol. The van der Waals surface area contributed by atoms with Crippen LogP contribution < -0.4 is 0 Å². The van der Waals surface area contributed by atoms with Gasteiger partial charge in [0, 0.05) is 23.9 Å². The number of ether oxygens (including phenoxy) is 1. The molecule has 0 saturated carbocycles. The first-order chi connectivity index (χ1) is 7.19. The zero-order valence-electron chi connectivity index (χ0n) is 10.8. The fraction of sp³-hybridized carbons (Fsp3) is 0.917. The van der Waals surface area contributed by atoms with Gasteiger partial charge in [0.2, 0.25) is 0 Å². The van der Waals surface area contributed by atoms with E-state index in [1.807, 2.05) is 0 Å². The van der Waals surface area contributed by atoms with Crippen LogP contribution in [0.3, 0.4) is 0 Å². The molecule has 0 amide bonds. The summed E-state index contributed by atoms with van der Waals surface area (Å²) in [5.41, 5.74) is 0.137. The number of carbonyl (C=O) groups is 1. The molecule has 1 saturated heterocycles. The van der Waals surface area contributed by atoms with Crippen LogP contribution in [0.2, 0.25) is 0 Å². The Kier molecular flexibility index (Phi) is 4.06. The number of nitrogens with zero attached hydrogens (tertiary/aromatic N) is 1. The fourth-order valence-corrected chi connectivity index (χ4v) is 2.71. The van der Waals surface area contributed by atoms with Crippen molar-refractivity contribution in [1.82, 2.24) is 4.90 Å². The highest BCUT2D eigenvalue weighted by Crippen LogP contribution is 2.38. The molecule has 16 heavy (non-hydrogen) atoms. The Morgan fingerprint density at radius 3 is 2.12 bits per heavy atom. The second-order valence-corrected chi connectivity index (χ2v) is 6.40. The Morgan fingerprint density at radius 2 is 1.75 bits per heavy atom. The summed E-state index contributed by atoms with van der Waals surface area (Å²) in [5, 5.41) is 0.278. The third-order valence-corrected chi connectivity index (χ3v) is 4.14. The summed E-state index contributed by atoms with van der Waals surface area (Å²) in [6.07, 6.45) is 1.82. The van der Waals surface area contributed by atoms with E-state index in [9.17, 15) is 4.79 Å². The lowest BCUT2D eigenvalue weighted by Crippen LogP contribution is -2.60. The van der Waals surface area contributed by atoms with E-state index in [0.717, 1.165) is 12.8 Å². The van der Waals surface area contributed by atoms with Crippen LogP contribution in [0, 0.1) is 0 Å². The minimum absolute atomic E-state index is 0.0336. The largest absolute Gasteiger partial charge is 0.462 e. The minimum Gasteiger partial charge on any atom is -0.462 e. The lowest BCUT2D eigenvalue weighted by molar-refractivity contribution is -0.155. The topological polar surface area (TPSA) is 29.5 Å². The van der Waals surface area contributed by atoms with Gasteiger partial charge in [-0.1, -0.05) is 15.9 Å². The molecule has 4 heteroatoms. The summed E-state index contributed by atoms with van der Waals surface area (Å²) < 4.78 is 5.45. The van der Waals surface area contributed by atoms with Gasteiger partial charge in [0.1, 0.15) is 11.4 Å². The maximum absolute atomic E-state index is 11.3. The standard InChI is InChI=1S/C12H22BrNO2/c1-11(2)6-9(16-10(15)8-13)7-12(3,4)14(11)5/h9H,6-8H2,1-5H3. The first-order valence-corrected chi connectivity index (χ1v) is 6.80. The molecule has 0 aromatic carbocycles. The maximum Gasteiger partial charge on any atom is 0.316 e. The van der Waals surface area contributed by atoms with Crippen LogP contribution >= 0.6 is 15.9 Å². The van der Waals surface area contributed by atoms with Crippen molar-refractivity contribution >= 4 is 21.9 Å². The highest BCUT2D eigenvalue weighted by molar-refractivity contribution is 9.09. The zero-order valence-corrected chi connectivity index (χ0v) is 12.4. The van der Waals surface area contributed by atoms with Crippen molar-refractivity contribution in [2.45, 2.75) is 57.7 Å². The van der Waals surface area contributed by atoms with Gasteiger partial charge < -0.3 is 4.74 Å². The van der Waals surface area contributed by atoms with E-state index in [1.165, 1.54) is 0 Å². The summed E-state index contributed by atoms with van der Waals surface area (Å²) in [6, 6.07) is 0. The molecule has 0 radical (unpaired) electrons. The van der Waals surface area contributed by atoms with Crippen LogP contribution in [-0.2, 0) is 9.53 Å². The molecule has 0 N–H and O–H groups in total. The third-order valence-electron chi connectivity index (χ3n) is 3.68. The van der Waals surface area contributed by atoms with Crippen molar-refractivity contribution in [2.24, 2.45) is 0 Å². The molecule has 0 aromatic rings. The van der Waals surface area contributed by atoms with Gasteiger partial charge in [-0.15, -0.1) is 0 Å². The smallest absolute Gasteiger partial charge is 0.316 e. The van der Waals surface area contributed by atoms with Crippen molar-refractivity contribution in [3.63, 3.8) is 0 Å². The van der Waals surface area contributed by atoms with E-state index < -0.39 is 0 Å². The Morgan fingerprint density at radius 1 is 1.31 bits per heavy atom. The quantitative estimate of drug-likeness (QED) is 0.579. The van der Waals surface area contributed by atoms with E-state index >= 15 is 0 Å². The number of rotatable bonds is 2. The molecule has 94 valence electrons. The number of halogens is 1. The molecule has 1 rings (SSSR count). The third kappa shape index (κ3) is 2.98. The highest BCUT2D eigenvalue weighted by Gasteiger charge is 2.44. The molecule has 0 aliphatic carbocycles. The number of piperidine rings is 1. The number of hydrogen-bond donors (Lipinski definition) is 0. The highest BCUT2D eigenvalue weighted by atomic mass is 79.9. The van der Waals surface area contributed by atoms with Crippen molar-refractivity contribution in [2.75, 3.05) is 12.4 Å². The lowest BCUT2D eigenvalue weighted by atomic mass is 9.79. The molecular formula is C12H22BrNO2.